The molecular formula is C11H11NO3S. The van der Waals surface area contributed by atoms with Crippen LogP contribution in [0.3, 0.4) is 0 Å². The summed E-state index contributed by atoms with van der Waals surface area (Å²) in [6.07, 6.45) is 1.39. The van der Waals surface area contributed by atoms with E-state index in [1.807, 2.05) is 17.5 Å². The number of hydrogen-bond donors (Lipinski definition) is 2. The van der Waals surface area contributed by atoms with Crippen LogP contribution < -0.4 is 5.32 Å². The van der Waals surface area contributed by atoms with E-state index in [2.05, 4.69) is 5.32 Å². The molecule has 2 aromatic rings. The van der Waals surface area contributed by atoms with Crippen LogP contribution in [0.1, 0.15) is 21.0 Å². The van der Waals surface area contributed by atoms with Gasteiger partial charge >= 0.3 is 5.97 Å². The van der Waals surface area contributed by atoms with Gasteiger partial charge in [-0.3, -0.25) is 0 Å². The molecule has 4 nitrogen and oxygen atoms in total. The Bertz CT molecular complexity index is 461. The fourth-order valence-electron chi connectivity index (χ4n) is 1.40. The molecule has 0 aliphatic carbocycles. The molecule has 2 aromatic heterocycles. The van der Waals surface area contributed by atoms with Crippen LogP contribution in [0.2, 0.25) is 0 Å². The van der Waals surface area contributed by atoms with Crippen LogP contribution in [-0.4, -0.2) is 11.1 Å². The predicted octanol–water partition coefficient (Wildman–Crippen LogP) is 2.33. The van der Waals surface area contributed by atoms with Crippen LogP contribution in [0, 0.1) is 0 Å². The van der Waals surface area contributed by atoms with Crippen LogP contribution in [0.25, 0.3) is 0 Å². The first kappa shape index (κ1) is 10.9. The van der Waals surface area contributed by atoms with Crippen molar-refractivity contribution in [3.8, 4) is 0 Å². The predicted molar refractivity (Wildman–Crippen MR) is 60.5 cm³/mol. The molecule has 0 fully saturated rings. The zero-order chi connectivity index (χ0) is 11.4. The number of hydrogen-bond acceptors (Lipinski definition) is 4. The summed E-state index contributed by atoms with van der Waals surface area (Å²) in [7, 11) is 0. The van der Waals surface area contributed by atoms with Gasteiger partial charge in [-0.05, 0) is 17.5 Å². The van der Waals surface area contributed by atoms with Gasteiger partial charge in [0.05, 0.1) is 6.26 Å². The third-order valence-corrected chi connectivity index (χ3v) is 3.01. The Labute approximate surface area is 96.5 Å². The van der Waals surface area contributed by atoms with Gasteiger partial charge in [0.15, 0.2) is 0 Å². The summed E-state index contributed by atoms with van der Waals surface area (Å²) >= 11 is 1.67. The van der Waals surface area contributed by atoms with Crippen molar-refractivity contribution in [2.24, 2.45) is 0 Å². The van der Waals surface area contributed by atoms with Crippen molar-refractivity contribution in [2.45, 2.75) is 13.1 Å². The molecule has 0 spiro atoms. The Morgan fingerprint density at radius 3 is 3.00 bits per heavy atom. The molecule has 16 heavy (non-hydrogen) atoms. The maximum atomic E-state index is 10.8. The molecule has 0 unspecified atom stereocenters. The molecule has 0 atom stereocenters. The third kappa shape index (κ3) is 2.50. The third-order valence-electron chi connectivity index (χ3n) is 2.14. The second-order valence-electron chi connectivity index (χ2n) is 3.26. The van der Waals surface area contributed by atoms with Crippen molar-refractivity contribution in [2.75, 3.05) is 0 Å². The summed E-state index contributed by atoms with van der Waals surface area (Å²) in [5.74, 6) is -1.02. The molecule has 0 saturated heterocycles. The maximum absolute atomic E-state index is 10.8. The number of carboxylic acid groups (broad SMARTS) is 1. The number of rotatable bonds is 5. The standard InChI is InChI=1S/C11H11NO3S/c13-11(14)10-8(3-4-15-10)6-12-7-9-2-1-5-16-9/h1-5,12H,6-7H2,(H,13,14). The first-order valence-corrected chi connectivity index (χ1v) is 5.68. The highest BCUT2D eigenvalue weighted by molar-refractivity contribution is 7.09. The normalized spacial score (nSPS) is 10.5. The van der Waals surface area contributed by atoms with Crippen molar-refractivity contribution >= 4 is 17.3 Å². The summed E-state index contributed by atoms with van der Waals surface area (Å²) in [6.45, 7) is 1.23. The molecular weight excluding hydrogens is 226 g/mol. The molecule has 0 radical (unpaired) electrons. The van der Waals surface area contributed by atoms with Crippen LogP contribution in [0.4, 0.5) is 0 Å². The minimum absolute atomic E-state index is 0.0127. The second kappa shape index (κ2) is 4.96. The van der Waals surface area contributed by atoms with E-state index >= 15 is 0 Å². The molecule has 0 aliphatic rings. The lowest BCUT2D eigenvalue weighted by Crippen LogP contribution is -2.13. The van der Waals surface area contributed by atoms with E-state index in [1.54, 1.807) is 17.4 Å². The van der Waals surface area contributed by atoms with Gasteiger partial charge < -0.3 is 14.8 Å². The molecule has 2 rings (SSSR count). The van der Waals surface area contributed by atoms with Gasteiger partial charge in [0.25, 0.3) is 0 Å². The summed E-state index contributed by atoms with van der Waals surface area (Å²) in [4.78, 5) is 12.0. The summed E-state index contributed by atoms with van der Waals surface area (Å²) in [5, 5.41) is 14.0. The van der Waals surface area contributed by atoms with Crippen LogP contribution in [0.15, 0.2) is 34.3 Å². The van der Waals surface area contributed by atoms with Gasteiger partial charge in [-0.1, -0.05) is 6.07 Å². The second-order valence-corrected chi connectivity index (χ2v) is 4.30. The molecule has 2 N–H and O–H groups in total. The van der Waals surface area contributed by atoms with E-state index in [4.69, 9.17) is 9.52 Å². The summed E-state index contributed by atoms with van der Waals surface area (Å²) in [6, 6.07) is 5.69. The molecule has 2 heterocycles. The lowest BCUT2D eigenvalue weighted by atomic mass is 10.2. The van der Waals surface area contributed by atoms with Gasteiger partial charge in [0, 0.05) is 23.5 Å². The molecule has 0 aromatic carbocycles. The smallest absolute Gasteiger partial charge is 0.372 e. The molecule has 0 amide bonds. The van der Waals surface area contributed by atoms with E-state index in [0.717, 1.165) is 6.54 Å². The molecule has 0 saturated carbocycles. The highest BCUT2D eigenvalue weighted by atomic mass is 32.1. The molecule has 0 aliphatic heterocycles. The highest BCUT2D eigenvalue weighted by Gasteiger charge is 2.12. The Balaban J connectivity index is 1.90. The summed E-state index contributed by atoms with van der Waals surface area (Å²) in [5.41, 5.74) is 0.670. The Kier molecular flexibility index (Phi) is 3.38. The van der Waals surface area contributed by atoms with Crippen molar-refractivity contribution in [1.82, 2.24) is 5.32 Å². The topological polar surface area (TPSA) is 62.5 Å². The zero-order valence-corrected chi connectivity index (χ0v) is 9.29. The van der Waals surface area contributed by atoms with Crippen molar-refractivity contribution in [1.29, 1.82) is 0 Å². The van der Waals surface area contributed by atoms with Crippen LogP contribution in [0.5, 0.6) is 0 Å². The first-order chi connectivity index (χ1) is 7.77. The van der Waals surface area contributed by atoms with Gasteiger partial charge in [0.2, 0.25) is 5.76 Å². The average molecular weight is 237 g/mol. The number of carboxylic acids is 1. The first-order valence-electron chi connectivity index (χ1n) is 4.80. The number of aromatic carboxylic acids is 1. The maximum Gasteiger partial charge on any atom is 0.372 e. The fourth-order valence-corrected chi connectivity index (χ4v) is 2.07. The van der Waals surface area contributed by atoms with Crippen molar-refractivity contribution in [3.63, 3.8) is 0 Å². The molecule has 84 valence electrons. The van der Waals surface area contributed by atoms with Gasteiger partial charge in [0.1, 0.15) is 0 Å². The van der Waals surface area contributed by atoms with E-state index < -0.39 is 5.97 Å². The van der Waals surface area contributed by atoms with E-state index in [1.165, 1.54) is 11.1 Å². The number of nitrogens with one attached hydrogen (secondary N) is 1. The Morgan fingerprint density at radius 2 is 2.31 bits per heavy atom. The SMILES string of the molecule is O=C(O)c1occc1CNCc1cccs1. The minimum Gasteiger partial charge on any atom is -0.475 e. The lowest BCUT2D eigenvalue weighted by Gasteiger charge is -2.01. The molecule has 5 heteroatoms. The van der Waals surface area contributed by atoms with E-state index in [0.29, 0.717) is 12.1 Å². The highest BCUT2D eigenvalue weighted by Crippen LogP contribution is 2.11. The largest absolute Gasteiger partial charge is 0.475 e. The van der Waals surface area contributed by atoms with Crippen molar-refractivity contribution < 1.29 is 14.3 Å². The Hall–Kier alpha value is -1.59. The lowest BCUT2D eigenvalue weighted by molar-refractivity contribution is 0.0660. The number of carbonyl (C=O) groups is 1. The van der Waals surface area contributed by atoms with Crippen LogP contribution >= 0.6 is 11.3 Å². The van der Waals surface area contributed by atoms with Gasteiger partial charge in [-0.15, -0.1) is 11.3 Å². The Morgan fingerprint density at radius 1 is 1.44 bits per heavy atom. The average Bonchev–Trinajstić information content (AvgIpc) is 2.87. The van der Waals surface area contributed by atoms with Crippen molar-refractivity contribution in [3.05, 3.63) is 46.0 Å². The quantitative estimate of drug-likeness (QED) is 0.837. The summed E-state index contributed by atoms with van der Waals surface area (Å²) < 4.78 is 4.88. The van der Waals surface area contributed by atoms with E-state index in [-0.39, 0.29) is 5.76 Å². The fraction of sp³-hybridized carbons (Fsp3) is 0.182. The van der Waals surface area contributed by atoms with Gasteiger partial charge in [-0.25, -0.2) is 4.79 Å². The van der Waals surface area contributed by atoms with Crippen LogP contribution in [-0.2, 0) is 13.1 Å². The molecule has 0 bridgehead atoms. The van der Waals surface area contributed by atoms with E-state index in [9.17, 15) is 4.79 Å². The number of thiophene rings is 1. The monoisotopic (exact) mass is 237 g/mol. The number of furan rings is 1. The minimum atomic E-state index is -1.03. The zero-order valence-electron chi connectivity index (χ0n) is 8.47. The van der Waals surface area contributed by atoms with Gasteiger partial charge in [-0.2, -0.15) is 0 Å².